The van der Waals surface area contributed by atoms with Crippen molar-refractivity contribution in [2.24, 2.45) is 11.8 Å². The molecule has 4 heteroatoms. The Balaban J connectivity index is 0.000000555. The lowest BCUT2D eigenvalue weighted by atomic mass is 9.95. The largest absolute Gasteiger partial charge is 0.344 e. The van der Waals surface area contributed by atoms with Crippen molar-refractivity contribution in [2.75, 3.05) is 20.6 Å². The van der Waals surface area contributed by atoms with Crippen molar-refractivity contribution in [3.8, 4) is 0 Å². The number of amides is 1. The Labute approximate surface area is 118 Å². The molecule has 0 saturated carbocycles. The quantitative estimate of drug-likeness (QED) is 0.734. The van der Waals surface area contributed by atoms with Crippen LogP contribution in [0.25, 0.3) is 0 Å². The Kier molecular flexibility index (Phi) is 7.91. The van der Waals surface area contributed by atoms with Gasteiger partial charge in [-0.05, 0) is 20.4 Å². The molecule has 2 unspecified atom stereocenters. The second-order valence-electron chi connectivity index (χ2n) is 6.16. The highest BCUT2D eigenvalue weighted by atomic mass is 16.2. The molecule has 0 aromatic rings. The first-order valence-electron chi connectivity index (χ1n) is 7.12. The maximum atomic E-state index is 11.6. The summed E-state index contributed by atoms with van der Waals surface area (Å²) in [4.78, 5) is 25.3. The number of carbonyl (C=O) groups excluding carboxylic acids is 2. The van der Waals surface area contributed by atoms with Crippen LogP contribution in [-0.4, -0.2) is 54.7 Å². The summed E-state index contributed by atoms with van der Waals surface area (Å²) in [5.41, 5.74) is 0. The van der Waals surface area contributed by atoms with Crippen molar-refractivity contribution < 1.29 is 9.59 Å². The van der Waals surface area contributed by atoms with Gasteiger partial charge in [-0.2, -0.15) is 0 Å². The highest BCUT2D eigenvalue weighted by Crippen LogP contribution is 2.23. The SMILES string of the molecule is CC(C)C(=O)N(C)CC1CC(C)N1C.CC(C)C=O. The zero-order valence-electron chi connectivity index (χ0n) is 13.5. The summed E-state index contributed by atoms with van der Waals surface area (Å²) in [5.74, 6) is 0.566. The van der Waals surface area contributed by atoms with Crippen LogP contribution in [0.1, 0.15) is 41.0 Å². The molecule has 112 valence electrons. The fourth-order valence-corrected chi connectivity index (χ4v) is 2.00. The number of rotatable bonds is 4. The molecule has 2 atom stereocenters. The van der Waals surface area contributed by atoms with Gasteiger partial charge in [0, 0.05) is 37.5 Å². The first kappa shape index (κ1) is 18.1. The number of nitrogens with zero attached hydrogens (tertiary/aromatic N) is 2. The lowest BCUT2D eigenvalue weighted by molar-refractivity contribution is -0.134. The van der Waals surface area contributed by atoms with Gasteiger partial charge in [0.05, 0.1) is 0 Å². The van der Waals surface area contributed by atoms with Crippen LogP contribution in [0.3, 0.4) is 0 Å². The molecular formula is C15H30N2O2. The Morgan fingerprint density at radius 2 is 1.84 bits per heavy atom. The van der Waals surface area contributed by atoms with Gasteiger partial charge in [-0.15, -0.1) is 0 Å². The summed E-state index contributed by atoms with van der Waals surface area (Å²) in [5, 5.41) is 0. The van der Waals surface area contributed by atoms with Crippen LogP contribution < -0.4 is 0 Å². The van der Waals surface area contributed by atoms with Crippen LogP contribution in [0.15, 0.2) is 0 Å². The molecule has 1 fully saturated rings. The molecule has 0 aromatic heterocycles. The number of carbonyl (C=O) groups is 2. The van der Waals surface area contributed by atoms with Gasteiger partial charge in [0.2, 0.25) is 5.91 Å². The molecule has 0 spiro atoms. The molecule has 0 aliphatic carbocycles. The number of hydrogen-bond donors (Lipinski definition) is 0. The van der Waals surface area contributed by atoms with Crippen LogP contribution >= 0.6 is 0 Å². The molecule has 1 heterocycles. The minimum Gasteiger partial charge on any atom is -0.344 e. The minimum absolute atomic E-state index is 0.114. The van der Waals surface area contributed by atoms with Crippen molar-refractivity contribution in [1.29, 1.82) is 0 Å². The molecule has 1 aliphatic heterocycles. The van der Waals surface area contributed by atoms with Crippen LogP contribution in [-0.2, 0) is 9.59 Å². The highest BCUT2D eigenvalue weighted by molar-refractivity contribution is 5.77. The topological polar surface area (TPSA) is 40.6 Å². The molecule has 4 nitrogen and oxygen atoms in total. The first-order valence-corrected chi connectivity index (χ1v) is 7.12. The van der Waals surface area contributed by atoms with E-state index in [0.717, 1.165) is 12.8 Å². The van der Waals surface area contributed by atoms with Gasteiger partial charge in [0.25, 0.3) is 0 Å². The second kappa shape index (κ2) is 8.31. The molecule has 0 aromatic carbocycles. The number of aldehydes is 1. The van der Waals surface area contributed by atoms with Crippen LogP contribution in [0, 0.1) is 11.8 Å². The maximum Gasteiger partial charge on any atom is 0.224 e. The Bertz CT molecular complexity index is 290. The summed E-state index contributed by atoms with van der Waals surface area (Å²) in [6.07, 6.45) is 2.13. The molecule has 0 N–H and O–H groups in total. The van der Waals surface area contributed by atoms with E-state index in [1.54, 1.807) is 0 Å². The number of likely N-dealkylation sites (N-methyl/N-ethyl adjacent to an activating group) is 2. The van der Waals surface area contributed by atoms with Gasteiger partial charge < -0.3 is 9.69 Å². The van der Waals surface area contributed by atoms with Gasteiger partial charge in [-0.25, -0.2) is 0 Å². The normalized spacial score (nSPS) is 22.6. The van der Waals surface area contributed by atoms with E-state index in [1.165, 1.54) is 6.42 Å². The summed E-state index contributed by atoms with van der Waals surface area (Å²) in [7, 11) is 4.03. The van der Waals surface area contributed by atoms with Crippen LogP contribution in [0.4, 0.5) is 0 Å². The summed E-state index contributed by atoms with van der Waals surface area (Å²) < 4.78 is 0. The average Bonchev–Trinajstić information content (AvgIpc) is 2.37. The molecular weight excluding hydrogens is 240 g/mol. The smallest absolute Gasteiger partial charge is 0.224 e. The van der Waals surface area contributed by atoms with Crippen molar-refractivity contribution >= 4 is 12.2 Å². The third kappa shape index (κ3) is 6.19. The predicted molar refractivity (Wildman–Crippen MR) is 79.0 cm³/mol. The monoisotopic (exact) mass is 270 g/mol. The van der Waals surface area contributed by atoms with Crippen molar-refractivity contribution in [2.45, 2.75) is 53.1 Å². The third-order valence-corrected chi connectivity index (χ3v) is 3.51. The van der Waals surface area contributed by atoms with Crippen molar-refractivity contribution in [3.63, 3.8) is 0 Å². The lowest BCUT2D eigenvalue weighted by Gasteiger charge is -2.46. The van der Waals surface area contributed by atoms with Crippen molar-refractivity contribution in [1.82, 2.24) is 9.80 Å². The minimum atomic E-state index is 0.114. The fourth-order valence-electron chi connectivity index (χ4n) is 2.00. The maximum absolute atomic E-state index is 11.6. The van der Waals surface area contributed by atoms with Gasteiger partial charge in [0.15, 0.2) is 0 Å². The molecule has 1 aliphatic rings. The van der Waals surface area contributed by atoms with Crippen molar-refractivity contribution in [3.05, 3.63) is 0 Å². The van der Waals surface area contributed by atoms with Gasteiger partial charge in [-0.1, -0.05) is 27.7 Å². The lowest BCUT2D eigenvalue weighted by Crippen LogP contribution is -2.57. The first-order chi connectivity index (χ1) is 8.70. The van der Waals surface area contributed by atoms with Crippen LogP contribution in [0.5, 0.6) is 0 Å². The molecule has 0 radical (unpaired) electrons. The van der Waals surface area contributed by atoms with E-state index < -0.39 is 0 Å². The molecule has 19 heavy (non-hydrogen) atoms. The standard InChI is InChI=1S/C11H22N2O.C4H8O/c1-8(2)11(14)12(4)7-10-6-9(3)13(10)5;1-4(2)3-5/h8-10H,6-7H2,1-5H3;3-4H,1-2H3. The van der Waals surface area contributed by atoms with E-state index in [-0.39, 0.29) is 17.7 Å². The molecule has 0 bridgehead atoms. The van der Waals surface area contributed by atoms with E-state index in [9.17, 15) is 9.59 Å². The van der Waals surface area contributed by atoms with Crippen LogP contribution in [0.2, 0.25) is 0 Å². The second-order valence-corrected chi connectivity index (χ2v) is 6.16. The third-order valence-electron chi connectivity index (χ3n) is 3.51. The summed E-state index contributed by atoms with van der Waals surface area (Å²) in [6, 6.07) is 1.25. The Morgan fingerprint density at radius 1 is 1.37 bits per heavy atom. The van der Waals surface area contributed by atoms with E-state index in [2.05, 4.69) is 18.9 Å². The fraction of sp³-hybridized carbons (Fsp3) is 0.867. The molecule has 1 amide bonds. The van der Waals surface area contributed by atoms with Gasteiger partial charge >= 0.3 is 0 Å². The summed E-state index contributed by atoms with van der Waals surface area (Å²) in [6.45, 7) is 10.7. The molecule has 1 saturated heterocycles. The summed E-state index contributed by atoms with van der Waals surface area (Å²) >= 11 is 0. The molecule has 1 rings (SSSR count). The van der Waals surface area contributed by atoms with E-state index in [1.807, 2.05) is 39.6 Å². The van der Waals surface area contributed by atoms with Gasteiger partial charge in [-0.3, -0.25) is 9.69 Å². The zero-order valence-corrected chi connectivity index (χ0v) is 13.5. The van der Waals surface area contributed by atoms with Gasteiger partial charge in [0.1, 0.15) is 6.29 Å². The zero-order chi connectivity index (χ0) is 15.2. The average molecular weight is 270 g/mol. The Morgan fingerprint density at radius 3 is 2.11 bits per heavy atom. The van der Waals surface area contributed by atoms with E-state index in [0.29, 0.717) is 12.1 Å². The number of hydrogen-bond acceptors (Lipinski definition) is 3. The van der Waals surface area contributed by atoms with E-state index in [4.69, 9.17) is 0 Å². The highest BCUT2D eigenvalue weighted by Gasteiger charge is 2.33. The number of likely N-dealkylation sites (tertiary alicyclic amines) is 1. The predicted octanol–water partition coefficient (Wildman–Crippen LogP) is 2.03. The van der Waals surface area contributed by atoms with E-state index >= 15 is 0 Å². The Hall–Kier alpha value is -0.900.